The van der Waals surface area contributed by atoms with Crippen molar-refractivity contribution < 1.29 is 9.42 Å². The molecule has 0 aromatic carbocycles. The van der Waals surface area contributed by atoms with Gasteiger partial charge in [-0.2, -0.15) is 11.8 Å². The minimum atomic E-state index is -2.38. The summed E-state index contributed by atoms with van der Waals surface area (Å²) in [6, 6.07) is 0. The molecule has 0 radical (unpaired) electrons. The van der Waals surface area contributed by atoms with Crippen LogP contribution in [0.25, 0.3) is 0 Å². The number of rotatable bonds is 5. The highest BCUT2D eigenvalue weighted by Crippen LogP contribution is 2.36. The third-order valence-electron chi connectivity index (χ3n) is 0.824. The summed E-state index contributed by atoms with van der Waals surface area (Å²) < 4.78 is 5.00. The van der Waals surface area contributed by atoms with Gasteiger partial charge in [0.05, 0.1) is 6.61 Å². The van der Waals surface area contributed by atoms with Crippen molar-refractivity contribution in [1.82, 2.24) is 0 Å². The summed E-state index contributed by atoms with van der Waals surface area (Å²) in [6.45, 7) is -0.223. The first kappa shape index (κ1) is 10.9. The molecule has 0 aromatic rings. The molecule has 0 aliphatic heterocycles. The molecule has 0 fully saturated rings. The van der Waals surface area contributed by atoms with Crippen molar-refractivity contribution in [2.45, 2.75) is 6.42 Å². The van der Waals surface area contributed by atoms with Gasteiger partial charge in [-0.3, -0.25) is 0 Å². The largest absolute Gasteiger partial charge is 0.345 e. The van der Waals surface area contributed by atoms with Crippen molar-refractivity contribution in [3.63, 3.8) is 0 Å². The zero-order valence-corrected chi connectivity index (χ0v) is 8.77. The summed E-state index contributed by atoms with van der Waals surface area (Å²) in [6.07, 6.45) is 3.01. The Morgan fingerprint density at radius 2 is 2.30 bits per heavy atom. The zero-order valence-electron chi connectivity index (χ0n) is 6.24. The Morgan fingerprint density at radius 1 is 1.70 bits per heavy atom. The van der Waals surface area contributed by atoms with E-state index < -0.39 is 6.49 Å². The van der Waals surface area contributed by atoms with Crippen LogP contribution in [0, 0.1) is 0 Å². The molecule has 10 heavy (non-hydrogen) atoms. The average Bonchev–Trinajstić information content (AvgIpc) is 1.78. The van der Waals surface area contributed by atoms with Gasteiger partial charge in [0, 0.05) is 6.66 Å². The van der Waals surface area contributed by atoms with E-state index in [0.29, 0.717) is 6.61 Å². The van der Waals surface area contributed by atoms with Gasteiger partial charge >= 0.3 is 0 Å². The normalized spacial score (nSPS) is 16.7. The summed E-state index contributed by atoms with van der Waals surface area (Å²) in [7, 11) is 0. The highest BCUT2D eigenvalue weighted by molar-refractivity contribution is 8.09. The molecule has 0 saturated heterocycles. The van der Waals surface area contributed by atoms with Crippen molar-refractivity contribution >= 4 is 30.1 Å². The standard InChI is InChI=1S/C5H13O2PS2/c1-8(6,9)7-4-3-5-10-2/h3-5H2,1-2H3,(H,6,9). The Kier molecular flexibility index (Phi) is 6.07. The summed E-state index contributed by atoms with van der Waals surface area (Å²) in [5.74, 6) is 1.06. The SMILES string of the molecule is CSCCCOP(C)(O)=S. The first-order valence-electron chi connectivity index (χ1n) is 3.00. The third kappa shape index (κ3) is 8.92. The molecule has 0 spiro atoms. The lowest BCUT2D eigenvalue weighted by molar-refractivity contribution is 0.312. The molecule has 0 rings (SSSR count). The Hall–Kier alpha value is 0.920. The van der Waals surface area contributed by atoms with Gasteiger partial charge in [-0.05, 0) is 30.2 Å². The zero-order chi connectivity index (χ0) is 8.04. The van der Waals surface area contributed by atoms with Crippen LogP contribution in [-0.2, 0) is 16.3 Å². The summed E-state index contributed by atoms with van der Waals surface area (Å²) in [5, 5.41) is 0. The monoisotopic (exact) mass is 200 g/mol. The van der Waals surface area contributed by atoms with Crippen LogP contribution in [0.3, 0.4) is 0 Å². The molecule has 0 amide bonds. The lowest BCUT2D eigenvalue weighted by atomic mass is 10.5. The average molecular weight is 200 g/mol. The number of hydrogen-bond acceptors (Lipinski definition) is 3. The highest BCUT2D eigenvalue weighted by atomic mass is 32.5. The van der Waals surface area contributed by atoms with Crippen molar-refractivity contribution in [2.24, 2.45) is 0 Å². The lowest BCUT2D eigenvalue weighted by Gasteiger charge is -2.08. The maximum Gasteiger partial charge on any atom is 0.183 e. The van der Waals surface area contributed by atoms with Gasteiger partial charge in [0.1, 0.15) is 0 Å². The number of thioether (sulfide) groups is 1. The predicted molar refractivity (Wildman–Crippen MR) is 51.4 cm³/mol. The molecule has 0 aromatic heterocycles. The van der Waals surface area contributed by atoms with E-state index in [1.54, 1.807) is 18.4 Å². The molecule has 0 aliphatic carbocycles. The molecule has 1 atom stereocenters. The van der Waals surface area contributed by atoms with Gasteiger partial charge in [-0.15, -0.1) is 0 Å². The fourth-order valence-electron chi connectivity index (χ4n) is 0.437. The topological polar surface area (TPSA) is 29.5 Å². The number of hydrogen-bond donors (Lipinski definition) is 1. The summed E-state index contributed by atoms with van der Waals surface area (Å²) >= 11 is 6.44. The van der Waals surface area contributed by atoms with Gasteiger partial charge in [0.2, 0.25) is 0 Å². The van der Waals surface area contributed by atoms with Crippen LogP contribution < -0.4 is 0 Å². The Balaban J connectivity index is 3.13. The predicted octanol–water partition coefficient (Wildman–Crippen LogP) is 1.69. The van der Waals surface area contributed by atoms with Crippen LogP contribution in [0.1, 0.15) is 6.42 Å². The third-order valence-corrected chi connectivity index (χ3v) is 2.50. The molecular weight excluding hydrogens is 187 g/mol. The first-order chi connectivity index (χ1) is 4.56. The minimum absolute atomic E-state index is 0.588. The van der Waals surface area contributed by atoms with Gasteiger partial charge < -0.3 is 9.42 Å². The van der Waals surface area contributed by atoms with E-state index in [-0.39, 0.29) is 0 Å². The highest BCUT2D eigenvalue weighted by Gasteiger charge is 2.02. The first-order valence-corrected chi connectivity index (χ1v) is 7.51. The fourth-order valence-corrected chi connectivity index (χ4v) is 1.54. The second kappa shape index (κ2) is 5.56. The Labute approximate surface area is 71.5 Å². The van der Waals surface area contributed by atoms with E-state index in [0.717, 1.165) is 12.2 Å². The van der Waals surface area contributed by atoms with Gasteiger partial charge in [-0.1, -0.05) is 0 Å². The maximum absolute atomic E-state index is 9.01. The molecular formula is C5H13O2PS2. The van der Waals surface area contributed by atoms with Gasteiger partial charge in [-0.25, -0.2) is 0 Å². The van der Waals surface area contributed by atoms with Crippen molar-refractivity contribution in [3.8, 4) is 0 Å². The maximum atomic E-state index is 9.01. The van der Waals surface area contributed by atoms with Crippen LogP contribution in [0.2, 0.25) is 0 Å². The summed E-state index contributed by atoms with van der Waals surface area (Å²) in [5.41, 5.74) is 0. The van der Waals surface area contributed by atoms with E-state index in [1.807, 2.05) is 6.26 Å². The van der Waals surface area contributed by atoms with E-state index in [1.165, 1.54) is 0 Å². The quantitative estimate of drug-likeness (QED) is 0.540. The molecule has 62 valence electrons. The molecule has 0 aliphatic rings. The van der Waals surface area contributed by atoms with E-state index in [9.17, 15) is 0 Å². The molecule has 0 heterocycles. The van der Waals surface area contributed by atoms with Gasteiger partial charge in [0.15, 0.2) is 6.49 Å². The van der Waals surface area contributed by atoms with Crippen LogP contribution >= 0.6 is 18.3 Å². The minimum Gasteiger partial charge on any atom is -0.345 e. The van der Waals surface area contributed by atoms with Crippen LogP contribution in [0.15, 0.2) is 0 Å². The van der Waals surface area contributed by atoms with Crippen molar-refractivity contribution in [2.75, 3.05) is 25.3 Å². The molecule has 1 N–H and O–H groups in total. The molecule has 1 unspecified atom stereocenters. The van der Waals surface area contributed by atoms with Crippen molar-refractivity contribution in [3.05, 3.63) is 0 Å². The molecule has 0 bridgehead atoms. The van der Waals surface area contributed by atoms with Crippen LogP contribution in [-0.4, -0.2) is 30.2 Å². The molecule has 5 heteroatoms. The lowest BCUT2D eigenvalue weighted by Crippen LogP contribution is -1.92. The smallest absolute Gasteiger partial charge is 0.183 e. The summed E-state index contributed by atoms with van der Waals surface area (Å²) in [4.78, 5) is 9.01. The molecule has 2 nitrogen and oxygen atoms in total. The second-order valence-electron chi connectivity index (χ2n) is 1.98. The van der Waals surface area contributed by atoms with E-state index in [2.05, 4.69) is 11.8 Å². The Morgan fingerprint density at radius 3 is 2.70 bits per heavy atom. The van der Waals surface area contributed by atoms with Crippen LogP contribution in [0.4, 0.5) is 0 Å². The van der Waals surface area contributed by atoms with Crippen molar-refractivity contribution in [1.29, 1.82) is 0 Å². The fraction of sp³-hybridized carbons (Fsp3) is 1.00. The molecule has 0 saturated carbocycles. The second-order valence-corrected chi connectivity index (χ2v) is 6.86. The van der Waals surface area contributed by atoms with E-state index in [4.69, 9.17) is 9.42 Å². The van der Waals surface area contributed by atoms with Crippen LogP contribution in [0.5, 0.6) is 0 Å². The van der Waals surface area contributed by atoms with Gasteiger partial charge in [0.25, 0.3) is 0 Å². The Bertz CT molecular complexity index is 123. The van der Waals surface area contributed by atoms with E-state index >= 15 is 0 Å².